The van der Waals surface area contributed by atoms with Gasteiger partial charge in [0, 0.05) is 50.1 Å². The van der Waals surface area contributed by atoms with E-state index in [9.17, 15) is 4.79 Å². The highest BCUT2D eigenvalue weighted by Crippen LogP contribution is 2.31. The lowest BCUT2D eigenvalue weighted by molar-refractivity contribution is 0.0904. The Morgan fingerprint density at radius 2 is 1.63 bits per heavy atom. The third-order valence-corrected chi connectivity index (χ3v) is 9.60. The number of pyridine rings is 1. The summed E-state index contributed by atoms with van der Waals surface area (Å²) >= 11 is 0. The molecule has 2 amide bonds. The molecular formula is C37H49N7O2. The SMILES string of the molecule is CCc1nc2c(cnn2CC)c(NC2CCOCC2)c1CNC(=O)NCc1cccc(-c2cccc(CC3CCN(C)CC3)c2)c1. The molecule has 9 heteroatoms. The van der Waals surface area contributed by atoms with E-state index in [2.05, 4.69) is 95.4 Å². The van der Waals surface area contributed by atoms with E-state index in [1.165, 1.54) is 42.6 Å². The van der Waals surface area contributed by atoms with Gasteiger partial charge in [0.05, 0.1) is 17.3 Å². The van der Waals surface area contributed by atoms with Gasteiger partial charge in [-0.25, -0.2) is 14.5 Å². The molecule has 2 aliphatic heterocycles. The molecule has 0 atom stereocenters. The number of piperidine rings is 1. The van der Waals surface area contributed by atoms with Crippen molar-refractivity contribution < 1.29 is 9.53 Å². The van der Waals surface area contributed by atoms with Crippen molar-refractivity contribution in [1.29, 1.82) is 0 Å². The summed E-state index contributed by atoms with van der Waals surface area (Å²) in [6, 6.07) is 17.5. The van der Waals surface area contributed by atoms with Crippen molar-refractivity contribution in [3.63, 3.8) is 0 Å². The van der Waals surface area contributed by atoms with Crippen LogP contribution in [0.2, 0.25) is 0 Å². The second-order valence-electron chi connectivity index (χ2n) is 12.9. The number of amides is 2. The number of rotatable bonds is 11. The zero-order chi connectivity index (χ0) is 31.9. The van der Waals surface area contributed by atoms with Gasteiger partial charge >= 0.3 is 6.03 Å². The Morgan fingerprint density at radius 3 is 2.35 bits per heavy atom. The number of aromatic nitrogens is 3. The van der Waals surface area contributed by atoms with Crippen molar-refractivity contribution in [2.24, 2.45) is 5.92 Å². The molecule has 4 heterocycles. The lowest BCUT2D eigenvalue weighted by Gasteiger charge is -2.29. The fourth-order valence-electron chi connectivity index (χ4n) is 6.85. The molecule has 0 bridgehead atoms. The average Bonchev–Trinajstić information content (AvgIpc) is 3.51. The largest absolute Gasteiger partial charge is 0.381 e. The number of nitrogens with zero attached hydrogens (tertiary/aromatic N) is 4. The number of anilines is 1. The number of aryl methyl sites for hydroxylation is 2. The molecule has 2 aromatic carbocycles. The monoisotopic (exact) mass is 623 g/mol. The predicted molar refractivity (Wildman–Crippen MR) is 185 cm³/mol. The lowest BCUT2D eigenvalue weighted by Crippen LogP contribution is -2.35. The van der Waals surface area contributed by atoms with Gasteiger partial charge in [-0.3, -0.25) is 0 Å². The first-order valence-corrected chi connectivity index (χ1v) is 17.1. The minimum Gasteiger partial charge on any atom is -0.381 e. The van der Waals surface area contributed by atoms with Crippen LogP contribution >= 0.6 is 0 Å². The van der Waals surface area contributed by atoms with Crippen molar-refractivity contribution in [2.45, 2.75) is 78.0 Å². The van der Waals surface area contributed by atoms with Crippen molar-refractivity contribution >= 4 is 22.8 Å². The Morgan fingerprint density at radius 1 is 0.935 bits per heavy atom. The zero-order valence-corrected chi connectivity index (χ0v) is 27.6. The molecule has 46 heavy (non-hydrogen) atoms. The van der Waals surface area contributed by atoms with Crippen molar-refractivity contribution in [3.05, 3.63) is 77.1 Å². The Hall–Kier alpha value is -3.95. The van der Waals surface area contributed by atoms with Gasteiger partial charge in [0.2, 0.25) is 0 Å². The number of nitrogens with one attached hydrogen (secondary N) is 3. The summed E-state index contributed by atoms with van der Waals surface area (Å²) in [6.07, 6.45) is 8.23. The molecule has 4 aromatic rings. The van der Waals surface area contributed by atoms with Gasteiger partial charge in [-0.15, -0.1) is 0 Å². The molecule has 2 saturated heterocycles. The van der Waals surface area contributed by atoms with E-state index >= 15 is 0 Å². The van der Waals surface area contributed by atoms with Gasteiger partial charge < -0.3 is 25.6 Å². The van der Waals surface area contributed by atoms with Crippen LogP contribution < -0.4 is 16.0 Å². The zero-order valence-electron chi connectivity index (χ0n) is 27.6. The maximum Gasteiger partial charge on any atom is 0.315 e. The van der Waals surface area contributed by atoms with Crippen LogP contribution in [0.1, 0.15) is 61.9 Å². The van der Waals surface area contributed by atoms with Crippen LogP contribution in [0.3, 0.4) is 0 Å². The minimum atomic E-state index is -0.200. The van der Waals surface area contributed by atoms with Gasteiger partial charge in [0.1, 0.15) is 0 Å². The molecular weight excluding hydrogens is 574 g/mol. The fraction of sp³-hybridized carbons (Fsp3) is 0.486. The molecule has 2 aromatic heterocycles. The van der Waals surface area contributed by atoms with Crippen LogP contribution in [0.5, 0.6) is 0 Å². The van der Waals surface area contributed by atoms with E-state index in [0.29, 0.717) is 19.1 Å². The third kappa shape index (κ3) is 7.70. The minimum absolute atomic E-state index is 0.200. The van der Waals surface area contributed by atoms with E-state index in [-0.39, 0.29) is 6.03 Å². The fourth-order valence-corrected chi connectivity index (χ4v) is 6.85. The molecule has 6 rings (SSSR count). The lowest BCUT2D eigenvalue weighted by atomic mass is 9.89. The Balaban J connectivity index is 1.11. The standard InChI is InChI=1S/C37H49N7O2/c1-4-34-32(35(41-31-14-18-46-19-15-31)33-25-40-44(5-2)36(33)42-34)24-39-37(45)38-23-28-9-7-11-30(22-28)29-10-6-8-27(21-29)20-26-12-16-43(3)17-13-26/h6-11,21-22,25-26,31H,4-5,12-20,23-24H2,1-3H3,(H,41,42)(H2,38,39,45). The first kappa shape index (κ1) is 32.0. The first-order chi connectivity index (χ1) is 22.5. The Bertz CT molecular complexity index is 1620. The van der Waals surface area contributed by atoms with Crippen LogP contribution in [0.4, 0.5) is 10.5 Å². The number of carbonyl (C=O) groups is 1. The maximum absolute atomic E-state index is 13.1. The van der Waals surface area contributed by atoms with Crippen LogP contribution in [-0.2, 0) is 37.2 Å². The summed E-state index contributed by atoms with van der Waals surface area (Å²) in [5, 5.41) is 15.6. The molecule has 3 N–H and O–H groups in total. The molecule has 2 fully saturated rings. The Labute approximate surface area is 273 Å². The number of benzene rings is 2. The molecule has 0 radical (unpaired) electrons. The summed E-state index contributed by atoms with van der Waals surface area (Å²) in [7, 11) is 2.22. The maximum atomic E-state index is 13.1. The van der Waals surface area contributed by atoms with Gasteiger partial charge in [-0.1, -0.05) is 49.4 Å². The topological polar surface area (TPSA) is 96.3 Å². The van der Waals surface area contributed by atoms with Crippen LogP contribution in [-0.4, -0.2) is 65.1 Å². The average molecular weight is 624 g/mol. The summed E-state index contributed by atoms with van der Waals surface area (Å²) in [5.41, 5.74) is 8.78. The summed E-state index contributed by atoms with van der Waals surface area (Å²) in [5.74, 6) is 0.759. The molecule has 0 spiro atoms. The summed E-state index contributed by atoms with van der Waals surface area (Å²) in [6.45, 7) is 9.66. The number of urea groups is 1. The number of carbonyl (C=O) groups excluding carboxylic acids is 1. The molecule has 0 unspecified atom stereocenters. The van der Waals surface area contributed by atoms with Crippen LogP contribution in [0.15, 0.2) is 54.7 Å². The third-order valence-electron chi connectivity index (χ3n) is 9.60. The number of ether oxygens (including phenoxy) is 1. The summed E-state index contributed by atoms with van der Waals surface area (Å²) in [4.78, 5) is 20.5. The number of hydrogen-bond acceptors (Lipinski definition) is 6. The number of likely N-dealkylation sites (tertiary alicyclic amines) is 1. The number of fused-ring (bicyclic) bond motifs is 1. The highest BCUT2D eigenvalue weighted by Gasteiger charge is 2.22. The van der Waals surface area contributed by atoms with Gasteiger partial charge in [-0.2, -0.15) is 5.10 Å². The van der Waals surface area contributed by atoms with Crippen molar-refractivity contribution in [2.75, 3.05) is 38.7 Å². The van der Waals surface area contributed by atoms with E-state index in [4.69, 9.17) is 9.72 Å². The van der Waals surface area contributed by atoms with E-state index in [1.54, 1.807) is 0 Å². The quantitative estimate of drug-likeness (QED) is 0.185. The van der Waals surface area contributed by atoms with Gasteiger partial charge in [-0.05, 0) is 99.8 Å². The van der Waals surface area contributed by atoms with E-state index in [1.807, 2.05) is 10.9 Å². The van der Waals surface area contributed by atoms with Gasteiger partial charge in [0.15, 0.2) is 5.65 Å². The van der Waals surface area contributed by atoms with Gasteiger partial charge in [0.25, 0.3) is 0 Å². The first-order valence-electron chi connectivity index (χ1n) is 17.1. The molecule has 0 aliphatic carbocycles. The normalized spacial score (nSPS) is 16.5. The molecule has 9 nitrogen and oxygen atoms in total. The second-order valence-corrected chi connectivity index (χ2v) is 12.9. The van der Waals surface area contributed by atoms with Crippen molar-refractivity contribution in [3.8, 4) is 11.1 Å². The highest BCUT2D eigenvalue weighted by atomic mass is 16.5. The van der Waals surface area contributed by atoms with Crippen LogP contribution in [0.25, 0.3) is 22.2 Å². The highest BCUT2D eigenvalue weighted by molar-refractivity contribution is 5.92. The van der Waals surface area contributed by atoms with Crippen molar-refractivity contribution in [1.82, 2.24) is 30.3 Å². The smallest absolute Gasteiger partial charge is 0.315 e. The summed E-state index contributed by atoms with van der Waals surface area (Å²) < 4.78 is 7.54. The molecule has 0 saturated carbocycles. The molecule has 2 aliphatic rings. The van der Waals surface area contributed by atoms with E-state index < -0.39 is 0 Å². The molecule has 244 valence electrons. The second kappa shape index (κ2) is 15.1. The number of hydrogen-bond donors (Lipinski definition) is 3. The predicted octanol–water partition coefficient (Wildman–Crippen LogP) is 6.16. The van der Waals surface area contributed by atoms with Crippen LogP contribution in [0, 0.1) is 5.92 Å². The Kier molecular flexibility index (Phi) is 10.5. The van der Waals surface area contributed by atoms with E-state index in [0.717, 1.165) is 84.9 Å².